The van der Waals surface area contributed by atoms with Crippen molar-refractivity contribution in [3.05, 3.63) is 24.3 Å². The first-order chi connectivity index (χ1) is 9.79. The largest absolute Gasteiger partial charge is 0.497 e. The van der Waals surface area contributed by atoms with Gasteiger partial charge in [0, 0.05) is 6.07 Å². The molecule has 2 rings (SSSR count). The van der Waals surface area contributed by atoms with Gasteiger partial charge in [-0.05, 0) is 19.1 Å². The number of nitrogens with one attached hydrogen (secondary N) is 1. The van der Waals surface area contributed by atoms with Gasteiger partial charge in [-0.3, -0.25) is 4.79 Å². The highest BCUT2D eigenvalue weighted by atomic mass is 32.2. The number of ether oxygens (including phenoxy) is 2. The first kappa shape index (κ1) is 15.7. The zero-order chi connectivity index (χ0) is 15.7. The maximum atomic E-state index is 12.4. The van der Waals surface area contributed by atoms with Crippen molar-refractivity contribution in [2.24, 2.45) is 5.41 Å². The minimum absolute atomic E-state index is 0.0153. The van der Waals surface area contributed by atoms with E-state index in [2.05, 4.69) is 4.72 Å². The molecule has 8 heteroatoms. The maximum Gasteiger partial charge on any atom is 0.313 e. The number of sulfonamides is 1. The van der Waals surface area contributed by atoms with Crippen LogP contribution in [0.4, 0.5) is 0 Å². The lowest BCUT2D eigenvalue weighted by Crippen LogP contribution is -2.49. The van der Waals surface area contributed by atoms with Crippen molar-refractivity contribution in [1.82, 2.24) is 4.72 Å². The number of carbonyl (C=O) groups is 1. The van der Waals surface area contributed by atoms with E-state index in [4.69, 9.17) is 9.47 Å². The molecule has 116 valence electrons. The summed E-state index contributed by atoms with van der Waals surface area (Å²) >= 11 is 0. The summed E-state index contributed by atoms with van der Waals surface area (Å²) in [6, 6.07) is 5.13. The Labute approximate surface area is 122 Å². The topological polar surface area (TPSA) is 102 Å². The fraction of sp³-hybridized carbons (Fsp3) is 0.462. The molecule has 0 bridgehead atoms. The number of aliphatic carboxylic acids is 1. The summed E-state index contributed by atoms with van der Waals surface area (Å²) in [6.45, 7) is 1.45. The van der Waals surface area contributed by atoms with Crippen molar-refractivity contribution in [2.45, 2.75) is 17.9 Å². The van der Waals surface area contributed by atoms with Crippen LogP contribution in [0.2, 0.25) is 0 Å². The fourth-order valence-electron chi connectivity index (χ4n) is 2.07. The third-order valence-electron chi connectivity index (χ3n) is 3.59. The van der Waals surface area contributed by atoms with Crippen molar-refractivity contribution in [3.8, 4) is 5.75 Å². The molecule has 0 aromatic heterocycles. The third-order valence-corrected chi connectivity index (χ3v) is 5.06. The fourth-order valence-corrected chi connectivity index (χ4v) is 3.44. The quantitative estimate of drug-likeness (QED) is 0.818. The van der Waals surface area contributed by atoms with Crippen molar-refractivity contribution >= 4 is 16.0 Å². The monoisotopic (exact) mass is 315 g/mol. The molecule has 1 fully saturated rings. The van der Waals surface area contributed by atoms with E-state index >= 15 is 0 Å². The van der Waals surface area contributed by atoms with Crippen LogP contribution in [0.15, 0.2) is 29.2 Å². The van der Waals surface area contributed by atoms with E-state index in [1.54, 1.807) is 12.1 Å². The predicted octanol–water partition coefficient (Wildman–Crippen LogP) is 0.463. The van der Waals surface area contributed by atoms with Crippen LogP contribution in [0.3, 0.4) is 0 Å². The van der Waals surface area contributed by atoms with Crippen LogP contribution in [-0.4, -0.2) is 45.9 Å². The van der Waals surface area contributed by atoms with Gasteiger partial charge >= 0.3 is 5.97 Å². The zero-order valence-electron chi connectivity index (χ0n) is 11.7. The van der Waals surface area contributed by atoms with Gasteiger partial charge in [-0.15, -0.1) is 0 Å². The number of hydrogen-bond donors (Lipinski definition) is 2. The highest BCUT2D eigenvalue weighted by molar-refractivity contribution is 7.89. The summed E-state index contributed by atoms with van der Waals surface area (Å²) in [5, 5.41) is 9.26. The lowest BCUT2D eigenvalue weighted by molar-refractivity contribution is -0.148. The number of benzene rings is 1. The van der Waals surface area contributed by atoms with Crippen LogP contribution in [0.1, 0.15) is 6.92 Å². The van der Waals surface area contributed by atoms with Crippen LogP contribution in [0.25, 0.3) is 0 Å². The molecule has 0 saturated carbocycles. The Bertz CT molecular complexity index is 644. The second-order valence-corrected chi connectivity index (χ2v) is 6.80. The summed E-state index contributed by atoms with van der Waals surface area (Å²) in [6.07, 6.45) is 0. The number of carboxylic acid groups (broad SMARTS) is 1. The molecule has 1 aliphatic heterocycles. The Hall–Kier alpha value is -1.64. The van der Waals surface area contributed by atoms with Gasteiger partial charge < -0.3 is 14.6 Å². The molecule has 1 aliphatic rings. The minimum Gasteiger partial charge on any atom is -0.497 e. The summed E-state index contributed by atoms with van der Waals surface area (Å²) in [5.41, 5.74) is -1.29. The Balaban J connectivity index is 2.27. The minimum atomic E-state index is -3.85. The molecule has 0 amide bonds. The highest BCUT2D eigenvalue weighted by Crippen LogP contribution is 2.30. The van der Waals surface area contributed by atoms with E-state index < -0.39 is 27.4 Å². The molecule has 2 atom stereocenters. The van der Waals surface area contributed by atoms with Gasteiger partial charge in [0.15, 0.2) is 0 Å². The lowest BCUT2D eigenvalue weighted by Gasteiger charge is -2.25. The van der Waals surface area contributed by atoms with Crippen LogP contribution < -0.4 is 9.46 Å². The van der Waals surface area contributed by atoms with Gasteiger partial charge in [-0.1, -0.05) is 6.07 Å². The zero-order valence-corrected chi connectivity index (χ0v) is 12.5. The molecule has 1 aromatic rings. The van der Waals surface area contributed by atoms with Crippen molar-refractivity contribution < 1.29 is 27.8 Å². The van der Waals surface area contributed by atoms with Crippen molar-refractivity contribution in [3.63, 3.8) is 0 Å². The Morgan fingerprint density at radius 3 is 2.86 bits per heavy atom. The van der Waals surface area contributed by atoms with E-state index in [1.807, 2.05) is 0 Å². The van der Waals surface area contributed by atoms with E-state index in [9.17, 15) is 18.3 Å². The SMILES string of the molecule is COc1cccc(S(=O)(=O)NC2COCC2(C)C(=O)O)c1. The molecule has 1 heterocycles. The summed E-state index contributed by atoms with van der Waals surface area (Å²) < 4.78 is 37.2. The number of carboxylic acids is 1. The van der Waals surface area contributed by atoms with Crippen LogP contribution in [0.5, 0.6) is 5.75 Å². The van der Waals surface area contributed by atoms with Crippen LogP contribution in [0, 0.1) is 5.41 Å². The van der Waals surface area contributed by atoms with Gasteiger partial charge in [0.05, 0.1) is 31.3 Å². The molecule has 0 radical (unpaired) electrons. The average Bonchev–Trinajstić information content (AvgIpc) is 2.81. The van der Waals surface area contributed by atoms with E-state index in [-0.39, 0.29) is 18.1 Å². The average molecular weight is 315 g/mol. The van der Waals surface area contributed by atoms with Gasteiger partial charge in [0.2, 0.25) is 10.0 Å². The molecular formula is C13H17NO6S. The molecule has 7 nitrogen and oxygen atoms in total. The lowest BCUT2D eigenvalue weighted by atomic mass is 9.86. The number of methoxy groups -OCH3 is 1. The van der Waals surface area contributed by atoms with E-state index in [0.29, 0.717) is 5.75 Å². The first-order valence-electron chi connectivity index (χ1n) is 6.27. The smallest absolute Gasteiger partial charge is 0.313 e. The van der Waals surface area contributed by atoms with Crippen LogP contribution >= 0.6 is 0 Å². The summed E-state index contributed by atoms with van der Waals surface area (Å²) in [5.74, 6) is -0.695. The van der Waals surface area contributed by atoms with Crippen molar-refractivity contribution in [2.75, 3.05) is 20.3 Å². The number of hydrogen-bond acceptors (Lipinski definition) is 5. The first-order valence-corrected chi connectivity index (χ1v) is 7.75. The molecule has 2 unspecified atom stereocenters. The third kappa shape index (κ3) is 3.02. The summed E-state index contributed by atoms with van der Waals surface area (Å²) in [4.78, 5) is 11.3. The molecule has 1 saturated heterocycles. The number of rotatable bonds is 5. The van der Waals surface area contributed by atoms with E-state index in [0.717, 1.165) is 0 Å². The molecule has 0 spiro atoms. The molecule has 0 aliphatic carbocycles. The van der Waals surface area contributed by atoms with Crippen LogP contribution in [-0.2, 0) is 19.6 Å². The molecule has 2 N–H and O–H groups in total. The molecular weight excluding hydrogens is 298 g/mol. The summed E-state index contributed by atoms with van der Waals surface area (Å²) in [7, 11) is -2.42. The highest BCUT2D eigenvalue weighted by Gasteiger charge is 2.48. The Kier molecular flexibility index (Phi) is 4.22. The predicted molar refractivity (Wildman–Crippen MR) is 73.7 cm³/mol. The maximum absolute atomic E-state index is 12.4. The Morgan fingerprint density at radius 1 is 1.52 bits per heavy atom. The second kappa shape index (κ2) is 5.63. The van der Waals surface area contributed by atoms with E-state index in [1.165, 1.54) is 26.2 Å². The van der Waals surface area contributed by atoms with Gasteiger partial charge in [0.1, 0.15) is 11.2 Å². The van der Waals surface area contributed by atoms with Crippen molar-refractivity contribution in [1.29, 1.82) is 0 Å². The Morgan fingerprint density at radius 2 is 2.24 bits per heavy atom. The molecule has 21 heavy (non-hydrogen) atoms. The van der Waals surface area contributed by atoms with Gasteiger partial charge in [0.25, 0.3) is 0 Å². The standard InChI is InChI=1S/C13H17NO6S/c1-13(12(15)16)8-20-7-11(13)14-21(17,18)10-5-3-4-9(6-10)19-2/h3-6,11,14H,7-8H2,1-2H3,(H,15,16). The normalized spacial score (nSPS) is 25.7. The second-order valence-electron chi connectivity index (χ2n) is 5.09. The molecule has 1 aromatic carbocycles. The van der Waals surface area contributed by atoms with Gasteiger partial charge in [-0.25, -0.2) is 13.1 Å². The van der Waals surface area contributed by atoms with Gasteiger partial charge in [-0.2, -0.15) is 0 Å².